The summed E-state index contributed by atoms with van der Waals surface area (Å²) in [6.45, 7) is 6.69. The van der Waals surface area contributed by atoms with Crippen LogP contribution in [0.25, 0.3) is 0 Å². The predicted molar refractivity (Wildman–Crippen MR) is 74.5 cm³/mol. The van der Waals surface area contributed by atoms with Gasteiger partial charge in [-0.15, -0.1) is 0 Å². The number of aromatic nitrogens is 2. The summed E-state index contributed by atoms with van der Waals surface area (Å²) >= 11 is 0. The first-order valence-electron chi connectivity index (χ1n) is 7.05. The van der Waals surface area contributed by atoms with Gasteiger partial charge in [0.2, 0.25) is 0 Å². The van der Waals surface area contributed by atoms with Gasteiger partial charge in [-0.3, -0.25) is 4.68 Å². The molecule has 0 aliphatic carbocycles. The van der Waals surface area contributed by atoms with E-state index >= 15 is 0 Å². The average molecular weight is 253 g/mol. The lowest BCUT2D eigenvalue weighted by atomic mass is 9.93. The molecule has 0 spiro atoms. The van der Waals surface area contributed by atoms with Crippen molar-refractivity contribution in [3.8, 4) is 0 Å². The second kappa shape index (κ2) is 6.90. The van der Waals surface area contributed by atoms with Crippen LogP contribution in [-0.4, -0.2) is 27.0 Å². The lowest BCUT2D eigenvalue weighted by Gasteiger charge is -2.25. The molecule has 1 atom stereocenters. The van der Waals surface area contributed by atoms with Crippen LogP contribution in [0.2, 0.25) is 0 Å². The minimum atomic E-state index is -0.804. The van der Waals surface area contributed by atoms with Crippen molar-refractivity contribution in [3.05, 3.63) is 18.0 Å². The Balaban J connectivity index is 2.73. The fourth-order valence-corrected chi connectivity index (χ4v) is 2.40. The van der Waals surface area contributed by atoms with Crippen LogP contribution in [0.15, 0.2) is 12.3 Å². The van der Waals surface area contributed by atoms with Crippen LogP contribution >= 0.6 is 0 Å². The van der Waals surface area contributed by atoms with Crippen molar-refractivity contribution in [1.29, 1.82) is 0 Å². The number of rotatable bonds is 8. The fraction of sp³-hybridized carbons (Fsp3) is 0.786. The summed E-state index contributed by atoms with van der Waals surface area (Å²) in [6.07, 6.45) is 6.37. The first-order valence-corrected chi connectivity index (χ1v) is 7.05. The van der Waals surface area contributed by atoms with E-state index in [-0.39, 0.29) is 0 Å². The van der Waals surface area contributed by atoms with Gasteiger partial charge >= 0.3 is 0 Å². The first-order chi connectivity index (χ1) is 8.58. The number of aliphatic hydroxyl groups is 1. The molecule has 0 fully saturated rings. The number of hydrogen-bond acceptors (Lipinski definition) is 3. The minimum Gasteiger partial charge on any atom is -0.388 e. The molecule has 104 valence electrons. The molecule has 18 heavy (non-hydrogen) atoms. The van der Waals surface area contributed by atoms with Crippen molar-refractivity contribution in [2.24, 2.45) is 5.73 Å². The summed E-state index contributed by atoms with van der Waals surface area (Å²) in [5.41, 5.74) is 5.81. The largest absolute Gasteiger partial charge is 0.388 e. The van der Waals surface area contributed by atoms with Crippen LogP contribution in [0, 0.1) is 0 Å². The first kappa shape index (κ1) is 15.2. The Morgan fingerprint density at radius 1 is 1.39 bits per heavy atom. The monoisotopic (exact) mass is 253 g/mol. The lowest BCUT2D eigenvalue weighted by Crippen LogP contribution is -2.40. The van der Waals surface area contributed by atoms with Gasteiger partial charge in [-0.2, -0.15) is 5.10 Å². The molecule has 4 heteroatoms. The fourth-order valence-electron chi connectivity index (χ4n) is 2.40. The molecule has 0 aromatic carbocycles. The highest BCUT2D eigenvalue weighted by Crippen LogP contribution is 2.19. The summed E-state index contributed by atoms with van der Waals surface area (Å²) in [4.78, 5) is 0. The van der Waals surface area contributed by atoms with E-state index in [1.54, 1.807) is 0 Å². The zero-order chi connectivity index (χ0) is 13.6. The molecule has 1 aromatic rings. The Bertz CT molecular complexity index is 347. The zero-order valence-corrected chi connectivity index (χ0v) is 11.9. The molecule has 3 N–H and O–H groups in total. The van der Waals surface area contributed by atoms with Crippen molar-refractivity contribution in [2.75, 3.05) is 6.54 Å². The third kappa shape index (κ3) is 3.82. The van der Waals surface area contributed by atoms with Crippen LogP contribution in [-0.2, 0) is 6.42 Å². The van der Waals surface area contributed by atoms with Gasteiger partial charge in [-0.25, -0.2) is 0 Å². The Morgan fingerprint density at radius 3 is 2.56 bits per heavy atom. The molecule has 0 saturated carbocycles. The Kier molecular flexibility index (Phi) is 5.82. The van der Waals surface area contributed by atoms with E-state index in [1.807, 2.05) is 16.9 Å². The highest BCUT2D eigenvalue weighted by molar-refractivity contribution is 5.05. The van der Waals surface area contributed by atoms with E-state index in [0.717, 1.165) is 31.4 Å². The molecular weight excluding hydrogens is 226 g/mol. The van der Waals surface area contributed by atoms with Gasteiger partial charge in [0.1, 0.15) is 0 Å². The van der Waals surface area contributed by atoms with Gasteiger partial charge < -0.3 is 10.8 Å². The van der Waals surface area contributed by atoms with Gasteiger partial charge in [0.15, 0.2) is 0 Å². The molecule has 1 rings (SSSR count). The lowest BCUT2D eigenvalue weighted by molar-refractivity contribution is 0.0387. The second-order valence-electron chi connectivity index (χ2n) is 5.11. The Labute approximate surface area is 110 Å². The molecule has 0 bridgehead atoms. The molecule has 1 aromatic heterocycles. The van der Waals surface area contributed by atoms with Crippen molar-refractivity contribution < 1.29 is 5.11 Å². The van der Waals surface area contributed by atoms with E-state index in [2.05, 4.69) is 25.9 Å². The number of nitrogens with two attached hydrogens (primary N) is 1. The van der Waals surface area contributed by atoms with Crippen LogP contribution < -0.4 is 5.73 Å². The minimum absolute atomic E-state index is 0.290. The van der Waals surface area contributed by atoms with Crippen molar-refractivity contribution in [1.82, 2.24) is 9.78 Å². The van der Waals surface area contributed by atoms with E-state index in [0.29, 0.717) is 19.0 Å². The SMILES string of the molecule is CCCC(O)(CN)Cc1ccn(C(CC)CC)n1. The molecule has 1 unspecified atom stereocenters. The predicted octanol–water partition coefficient (Wildman–Crippen LogP) is 2.28. The van der Waals surface area contributed by atoms with Gasteiger partial charge in [0.05, 0.1) is 17.3 Å². The van der Waals surface area contributed by atoms with Crippen LogP contribution in [0.4, 0.5) is 0 Å². The topological polar surface area (TPSA) is 64.1 Å². The van der Waals surface area contributed by atoms with E-state index in [9.17, 15) is 5.11 Å². The second-order valence-corrected chi connectivity index (χ2v) is 5.11. The maximum absolute atomic E-state index is 10.4. The van der Waals surface area contributed by atoms with Gasteiger partial charge in [-0.05, 0) is 25.3 Å². The van der Waals surface area contributed by atoms with Crippen molar-refractivity contribution >= 4 is 0 Å². The van der Waals surface area contributed by atoms with Gasteiger partial charge in [0.25, 0.3) is 0 Å². The Morgan fingerprint density at radius 2 is 2.06 bits per heavy atom. The highest BCUT2D eigenvalue weighted by Gasteiger charge is 2.25. The van der Waals surface area contributed by atoms with Crippen molar-refractivity contribution in [2.45, 2.75) is 64.5 Å². The number of hydrogen-bond donors (Lipinski definition) is 2. The summed E-state index contributed by atoms with van der Waals surface area (Å²) in [6, 6.07) is 2.45. The summed E-state index contributed by atoms with van der Waals surface area (Å²) in [5, 5.41) is 14.9. The average Bonchev–Trinajstić information content (AvgIpc) is 2.79. The van der Waals surface area contributed by atoms with E-state index < -0.39 is 5.60 Å². The maximum Gasteiger partial charge on any atom is 0.0825 e. The molecule has 4 nitrogen and oxygen atoms in total. The van der Waals surface area contributed by atoms with E-state index in [1.165, 1.54) is 0 Å². The third-order valence-corrected chi connectivity index (χ3v) is 3.59. The molecule has 0 amide bonds. The van der Waals surface area contributed by atoms with E-state index in [4.69, 9.17) is 5.73 Å². The van der Waals surface area contributed by atoms with Crippen molar-refractivity contribution in [3.63, 3.8) is 0 Å². The molecular formula is C14H27N3O. The normalized spacial score (nSPS) is 15.0. The quantitative estimate of drug-likeness (QED) is 0.747. The third-order valence-electron chi connectivity index (χ3n) is 3.59. The molecule has 0 aliphatic rings. The zero-order valence-electron chi connectivity index (χ0n) is 11.9. The maximum atomic E-state index is 10.4. The van der Waals surface area contributed by atoms with Crippen LogP contribution in [0.5, 0.6) is 0 Å². The van der Waals surface area contributed by atoms with Crippen LogP contribution in [0.1, 0.15) is 58.2 Å². The van der Waals surface area contributed by atoms with Gasteiger partial charge in [0, 0.05) is 19.2 Å². The van der Waals surface area contributed by atoms with Crippen LogP contribution in [0.3, 0.4) is 0 Å². The summed E-state index contributed by atoms with van der Waals surface area (Å²) in [5.74, 6) is 0. The Hall–Kier alpha value is -0.870. The standard InChI is InChI=1S/C14H27N3O/c1-4-8-14(18,11-15)10-12-7-9-17(16-12)13(5-2)6-3/h7,9,13,18H,4-6,8,10-11,15H2,1-3H3. The molecule has 0 radical (unpaired) electrons. The summed E-state index contributed by atoms with van der Waals surface area (Å²) < 4.78 is 2.01. The molecule has 0 saturated heterocycles. The molecule has 1 heterocycles. The summed E-state index contributed by atoms with van der Waals surface area (Å²) in [7, 11) is 0. The molecule has 0 aliphatic heterocycles. The highest BCUT2D eigenvalue weighted by atomic mass is 16.3. The smallest absolute Gasteiger partial charge is 0.0825 e. The van der Waals surface area contributed by atoms with Gasteiger partial charge in [-0.1, -0.05) is 27.2 Å². The number of nitrogens with zero attached hydrogens (tertiary/aromatic N) is 2.